The van der Waals surface area contributed by atoms with Crippen LogP contribution in [0, 0.1) is 0 Å². The van der Waals surface area contributed by atoms with Crippen LogP contribution in [0.25, 0.3) is 32.3 Å². The van der Waals surface area contributed by atoms with Crippen molar-refractivity contribution < 1.29 is 0 Å². The van der Waals surface area contributed by atoms with Crippen molar-refractivity contribution in [2.45, 2.75) is 64.7 Å². The molecule has 0 bridgehead atoms. The predicted octanol–water partition coefficient (Wildman–Crippen LogP) is 8.44. The lowest BCUT2D eigenvalue weighted by Gasteiger charge is -2.20. The van der Waals surface area contributed by atoms with Crippen LogP contribution in [0.4, 0.5) is 0 Å². The molecule has 0 aliphatic carbocycles. The molecule has 0 N–H and O–H groups in total. The third kappa shape index (κ3) is 3.07. The molecule has 1 unspecified atom stereocenters. The third-order valence-electron chi connectivity index (χ3n) is 6.15. The zero-order chi connectivity index (χ0) is 17.9. The second-order valence-electron chi connectivity index (χ2n) is 7.82. The first kappa shape index (κ1) is 17.3. The number of benzene rings is 4. The summed E-state index contributed by atoms with van der Waals surface area (Å²) in [6, 6.07) is 20.7. The maximum atomic E-state index is 2.40. The fourth-order valence-corrected chi connectivity index (χ4v) is 4.69. The van der Waals surface area contributed by atoms with Crippen molar-refractivity contribution in [1.82, 2.24) is 0 Å². The van der Waals surface area contributed by atoms with E-state index < -0.39 is 0 Å². The smallest absolute Gasteiger partial charge is 0.00239 e. The lowest BCUT2D eigenvalue weighted by molar-refractivity contribution is 0.537. The molecule has 0 spiro atoms. The van der Waals surface area contributed by atoms with Crippen LogP contribution in [0.1, 0.15) is 70.3 Å². The normalized spacial score (nSPS) is 13.2. The Kier molecular flexibility index (Phi) is 5.11. The van der Waals surface area contributed by atoms with E-state index in [-0.39, 0.29) is 0 Å². The maximum absolute atomic E-state index is 2.40. The summed E-state index contributed by atoms with van der Waals surface area (Å²) in [4.78, 5) is 0. The third-order valence-corrected chi connectivity index (χ3v) is 6.15. The molecule has 0 nitrogen and oxygen atoms in total. The van der Waals surface area contributed by atoms with Crippen LogP contribution < -0.4 is 0 Å². The first-order valence-corrected chi connectivity index (χ1v) is 10.5. The molecule has 4 aromatic carbocycles. The second-order valence-corrected chi connectivity index (χ2v) is 7.82. The van der Waals surface area contributed by atoms with Crippen molar-refractivity contribution >= 4 is 32.3 Å². The molecule has 0 aromatic heterocycles. The molecular formula is C26H30. The fraction of sp³-hybridized carbons (Fsp3) is 0.385. The Labute approximate surface area is 157 Å². The molecule has 4 rings (SSSR count). The molecule has 0 saturated heterocycles. The van der Waals surface area contributed by atoms with Gasteiger partial charge in [-0.2, -0.15) is 0 Å². The number of rotatable bonds is 8. The Balaban J connectivity index is 1.74. The summed E-state index contributed by atoms with van der Waals surface area (Å²) in [6.45, 7) is 4.65. The molecule has 0 fully saturated rings. The van der Waals surface area contributed by atoms with Gasteiger partial charge in [-0.1, -0.05) is 101 Å². The van der Waals surface area contributed by atoms with E-state index in [2.05, 4.69) is 68.4 Å². The summed E-state index contributed by atoms with van der Waals surface area (Å²) < 4.78 is 0. The molecule has 26 heavy (non-hydrogen) atoms. The largest absolute Gasteiger partial charge is 0.0654 e. The molecule has 0 amide bonds. The van der Waals surface area contributed by atoms with Gasteiger partial charge < -0.3 is 0 Å². The molecule has 0 saturated carbocycles. The first-order valence-electron chi connectivity index (χ1n) is 10.5. The average Bonchev–Trinajstić information content (AvgIpc) is 2.69. The van der Waals surface area contributed by atoms with Gasteiger partial charge in [-0.25, -0.2) is 0 Å². The summed E-state index contributed by atoms with van der Waals surface area (Å²) in [5.74, 6) is 0.682. The Morgan fingerprint density at radius 1 is 0.654 bits per heavy atom. The highest BCUT2D eigenvalue weighted by molar-refractivity contribution is 6.23. The number of unbranched alkanes of at least 4 members (excludes halogenated alkanes) is 4. The summed E-state index contributed by atoms with van der Waals surface area (Å²) >= 11 is 0. The van der Waals surface area contributed by atoms with Gasteiger partial charge in [-0.3, -0.25) is 0 Å². The Morgan fingerprint density at radius 2 is 1.31 bits per heavy atom. The zero-order valence-electron chi connectivity index (χ0n) is 16.2. The lowest BCUT2D eigenvalue weighted by atomic mass is 9.84. The van der Waals surface area contributed by atoms with Crippen molar-refractivity contribution in [3.05, 3.63) is 60.2 Å². The van der Waals surface area contributed by atoms with Gasteiger partial charge in [0.05, 0.1) is 0 Å². The average molecular weight is 343 g/mol. The molecule has 0 aliphatic rings. The number of hydrogen-bond acceptors (Lipinski definition) is 0. The van der Waals surface area contributed by atoms with Crippen molar-refractivity contribution in [2.75, 3.05) is 0 Å². The molecule has 1 atom stereocenters. The van der Waals surface area contributed by atoms with Gasteiger partial charge in [0.15, 0.2) is 0 Å². The van der Waals surface area contributed by atoms with E-state index in [1.54, 1.807) is 5.56 Å². The minimum atomic E-state index is 0.682. The quantitative estimate of drug-likeness (QED) is 0.222. The zero-order valence-corrected chi connectivity index (χ0v) is 16.2. The highest BCUT2D eigenvalue weighted by atomic mass is 14.2. The summed E-state index contributed by atoms with van der Waals surface area (Å²) in [5.41, 5.74) is 1.56. The van der Waals surface area contributed by atoms with Crippen molar-refractivity contribution in [1.29, 1.82) is 0 Å². The molecule has 0 radical (unpaired) electrons. The Hall–Kier alpha value is -2.08. The molecule has 134 valence electrons. The highest BCUT2D eigenvalue weighted by Crippen LogP contribution is 2.39. The van der Waals surface area contributed by atoms with E-state index in [0.29, 0.717) is 5.92 Å². The van der Waals surface area contributed by atoms with Crippen molar-refractivity contribution in [3.8, 4) is 0 Å². The molecule has 4 aromatic rings. The van der Waals surface area contributed by atoms with Crippen LogP contribution in [0.2, 0.25) is 0 Å². The van der Waals surface area contributed by atoms with Crippen molar-refractivity contribution in [3.63, 3.8) is 0 Å². The van der Waals surface area contributed by atoms with E-state index in [1.807, 2.05) is 0 Å². The SMILES string of the molecule is CCCCCCCC(CC)c1ccc2ccc3cccc4ccc1c2c34. The van der Waals surface area contributed by atoms with Crippen molar-refractivity contribution in [2.24, 2.45) is 0 Å². The Bertz CT molecular complexity index is 979. The van der Waals surface area contributed by atoms with Gasteiger partial charge >= 0.3 is 0 Å². The minimum absolute atomic E-state index is 0.682. The van der Waals surface area contributed by atoms with Crippen LogP contribution in [0.3, 0.4) is 0 Å². The van der Waals surface area contributed by atoms with E-state index >= 15 is 0 Å². The maximum Gasteiger partial charge on any atom is -0.00239 e. The van der Waals surface area contributed by atoms with Gasteiger partial charge in [0.2, 0.25) is 0 Å². The van der Waals surface area contributed by atoms with Gasteiger partial charge in [-0.05, 0) is 56.6 Å². The van der Waals surface area contributed by atoms with Crippen LogP contribution in [0.15, 0.2) is 54.6 Å². The fourth-order valence-electron chi connectivity index (χ4n) is 4.69. The van der Waals surface area contributed by atoms with E-state index in [9.17, 15) is 0 Å². The standard InChI is InChI=1S/C26H30/c1-3-5-6-7-8-10-19(4-2)23-17-15-22-14-13-20-11-9-12-21-16-18-24(23)26(22)25(20)21/h9,11-19H,3-8,10H2,1-2H3. The summed E-state index contributed by atoms with van der Waals surface area (Å²) in [6.07, 6.45) is 9.41. The van der Waals surface area contributed by atoms with Gasteiger partial charge in [-0.15, -0.1) is 0 Å². The van der Waals surface area contributed by atoms with Crippen LogP contribution in [0.5, 0.6) is 0 Å². The van der Waals surface area contributed by atoms with Gasteiger partial charge in [0.1, 0.15) is 0 Å². The second kappa shape index (κ2) is 7.66. The molecule has 0 heteroatoms. The monoisotopic (exact) mass is 342 g/mol. The van der Waals surface area contributed by atoms with Gasteiger partial charge in [0, 0.05) is 0 Å². The van der Waals surface area contributed by atoms with Crippen LogP contribution >= 0.6 is 0 Å². The van der Waals surface area contributed by atoms with E-state index in [4.69, 9.17) is 0 Å². The van der Waals surface area contributed by atoms with Gasteiger partial charge in [0.25, 0.3) is 0 Å². The highest BCUT2D eigenvalue weighted by Gasteiger charge is 2.16. The van der Waals surface area contributed by atoms with E-state index in [0.717, 1.165) is 0 Å². The van der Waals surface area contributed by atoms with E-state index in [1.165, 1.54) is 77.3 Å². The topological polar surface area (TPSA) is 0 Å². The first-order chi connectivity index (χ1) is 12.8. The predicted molar refractivity (Wildman–Crippen MR) is 117 cm³/mol. The Morgan fingerprint density at radius 3 is 2.04 bits per heavy atom. The van der Waals surface area contributed by atoms with Crippen LogP contribution in [-0.4, -0.2) is 0 Å². The summed E-state index contributed by atoms with van der Waals surface area (Å²) in [5, 5.41) is 8.51. The summed E-state index contributed by atoms with van der Waals surface area (Å²) in [7, 11) is 0. The molecule has 0 heterocycles. The lowest BCUT2D eigenvalue weighted by Crippen LogP contribution is -2.00. The molecular weight excluding hydrogens is 312 g/mol. The minimum Gasteiger partial charge on any atom is -0.0654 e. The van der Waals surface area contributed by atoms with Crippen LogP contribution in [-0.2, 0) is 0 Å². The molecule has 0 aliphatic heterocycles. The number of hydrogen-bond donors (Lipinski definition) is 0.